The van der Waals surface area contributed by atoms with Gasteiger partial charge in [-0.15, -0.1) is 11.3 Å². The quantitative estimate of drug-likeness (QED) is 0.509. The summed E-state index contributed by atoms with van der Waals surface area (Å²) in [5.41, 5.74) is 1.08. The SMILES string of the molecule is CCNC(=NCc1csc(CC)n1)N1CCC(N2CC=CC2)C1. The molecule has 5 nitrogen and oxygen atoms in total. The molecule has 1 saturated heterocycles. The summed E-state index contributed by atoms with van der Waals surface area (Å²) in [6.45, 7) is 10.2. The van der Waals surface area contributed by atoms with Crippen LogP contribution < -0.4 is 5.32 Å². The van der Waals surface area contributed by atoms with Crippen LogP contribution in [0.5, 0.6) is 0 Å². The predicted molar refractivity (Wildman–Crippen MR) is 97.0 cm³/mol. The van der Waals surface area contributed by atoms with E-state index in [4.69, 9.17) is 4.99 Å². The lowest BCUT2D eigenvalue weighted by molar-refractivity contribution is 0.259. The molecule has 0 radical (unpaired) electrons. The monoisotopic (exact) mass is 333 g/mol. The zero-order valence-corrected chi connectivity index (χ0v) is 15.0. The molecule has 1 N–H and O–H groups in total. The van der Waals surface area contributed by atoms with E-state index < -0.39 is 0 Å². The largest absolute Gasteiger partial charge is 0.357 e. The highest BCUT2D eigenvalue weighted by Gasteiger charge is 2.29. The highest BCUT2D eigenvalue weighted by molar-refractivity contribution is 7.09. The number of aromatic nitrogens is 1. The maximum atomic E-state index is 4.82. The maximum absolute atomic E-state index is 4.82. The summed E-state index contributed by atoms with van der Waals surface area (Å²) >= 11 is 1.74. The molecule has 1 unspecified atom stereocenters. The molecule has 0 bridgehead atoms. The molecule has 0 aromatic carbocycles. The molecule has 0 amide bonds. The Labute approximate surface area is 143 Å². The minimum absolute atomic E-state index is 0.653. The molecule has 3 rings (SSSR count). The smallest absolute Gasteiger partial charge is 0.194 e. The van der Waals surface area contributed by atoms with Crippen LogP contribution in [0.25, 0.3) is 0 Å². The Morgan fingerprint density at radius 2 is 2.22 bits per heavy atom. The van der Waals surface area contributed by atoms with Crippen LogP contribution in [-0.2, 0) is 13.0 Å². The van der Waals surface area contributed by atoms with Crippen LogP contribution in [0.2, 0.25) is 0 Å². The zero-order chi connectivity index (χ0) is 16.1. The zero-order valence-electron chi connectivity index (χ0n) is 14.2. The van der Waals surface area contributed by atoms with E-state index in [-0.39, 0.29) is 0 Å². The van der Waals surface area contributed by atoms with Crippen molar-refractivity contribution < 1.29 is 0 Å². The first kappa shape index (κ1) is 16.5. The standard InChI is InChI=1S/C17H27N5S/c1-3-16-20-14(13-23-16)11-19-17(18-4-2)22-10-7-15(12-22)21-8-5-6-9-21/h5-6,13,15H,3-4,7-12H2,1-2H3,(H,18,19). The fourth-order valence-electron chi connectivity index (χ4n) is 3.19. The number of guanidine groups is 1. The summed E-state index contributed by atoms with van der Waals surface area (Å²) in [5, 5.41) is 6.77. The minimum atomic E-state index is 0.653. The molecule has 23 heavy (non-hydrogen) atoms. The number of aryl methyl sites for hydroxylation is 1. The topological polar surface area (TPSA) is 43.8 Å². The van der Waals surface area contributed by atoms with E-state index in [0.29, 0.717) is 12.6 Å². The summed E-state index contributed by atoms with van der Waals surface area (Å²) in [5.74, 6) is 1.04. The first-order valence-corrected chi connectivity index (χ1v) is 9.53. The van der Waals surface area contributed by atoms with E-state index in [1.807, 2.05) is 0 Å². The van der Waals surface area contributed by atoms with Gasteiger partial charge in [-0.25, -0.2) is 9.98 Å². The first-order valence-electron chi connectivity index (χ1n) is 8.65. The van der Waals surface area contributed by atoms with Gasteiger partial charge in [0.25, 0.3) is 0 Å². The van der Waals surface area contributed by atoms with Crippen LogP contribution in [0, 0.1) is 0 Å². The van der Waals surface area contributed by atoms with Gasteiger partial charge in [-0.2, -0.15) is 0 Å². The van der Waals surface area contributed by atoms with Crippen LogP contribution >= 0.6 is 11.3 Å². The summed E-state index contributed by atoms with van der Waals surface area (Å²) in [6, 6.07) is 0.653. The highest BCUT2D eigenvalue weighted by Crippen LogP contribution is 2.18. The number of hydrogen-bond donors (Lipinski definition) is 1. The molecular weight excluding hydrogens is 306 g/mol. The second-order valence-corrected chi connectivity index (χ2v) is 7.01. The van der Waals surface area contributed by atoms with Gasteiger partial charge in [0.05, 0.1) is 17.2 Å². The summed E-state index contributed by atoms with van der Waals surface area (Å²) in [7, 11) is 0. The molecular formula is C17H27N5S. The Morgan fingerprint density at radius 1 is 1.39 bits per heavy atom. The van der Waals surface area contributed by atoms with Crippen molar-refractivity contribution in [3.05, 3.63) is 28.2 Å². The van der Waals surface area contributed by atoms with E-state index in [9.17, 15) is 0 Å². The van der Waals surface area contributed by atoms with Gasteiger partial charge in [0.2, 0.25) is 0 Å². The molecule has 1 fully saturated rings. The molecule has 1 aromatic rings. The van der Waals surface area contributed by atoms with Crippen LogP contribution in [0.3, 0.4) is 0 Å². The fourth-order valence-corrected chi connectivity index (χ4v) is 3.93. The molecule has 6 heteroatoms. The van der Waals surface area contributed by atoms with Crippen molar-refractivity contribution in [3.8, 4) is 0 Å². The molecule has 1 aromatic heterocycles. The molecule has 0 spiro atoms. The van der Waals surface area contributed by atoms with Crippen molar-refractivity contribution in [3.63, 3.8) is 0 Å². The van der Waals surface area contributed by atoms with Gasteiger partial charge in [-0.3, -0.25) is 4.90 Å². The van der Waals surface area contributed by atoms with Gasteiger partial charge < -0.3 is 10.2 Å². The van der Waals surface area contributed by atoms with Crippen molar-refractivity contribution in [1.29, 1.82) is 0 Å². The average molecular weight is 334 g/mol. The van der Waals surface area contributed by atoms with Crippen molar-refractivity contribution >= 4 is 17.3 Å². The average Bonchev–Trinajstić information content (AvgIpc) is 3.32. The van der Waals surface area contributed by atoms with Gasteiger partial charge in [0.15, 0.2) is 5.96 Å². The molecule has 3 heterocycles. The number of hydrogen-bond acceptors (Lipinski definition) is 4. The normalized spacial score (nSPS) is 22.3. The Balaban J connectivity index is 1.60. The Kier molecular flexibility index (Phi) is 5.67. The Bertz CT molecular complexity index is 557. The van der Waals surface area contributed by atoms with Gasteiger partial charge in [0.1, 0.15) is 0 Å². The number of thiazole rings is 1. The molecule has 2 aliphatic rings. The highest BCUT2D eigenvalue weighted by atomic mass is 32.1. The van der Waals surface area contributed by atoms with Crippen molar-refractivity contribution in [2.24, 2.45) is 4.99 Å². The lowest BCUT2D eigenvalue weighted by atomic mass is 10.2. The molecule has 1 atom stereocenters. The summed E-state index contributed by atoms with van der Waals surface area (Å²) in [6.07, 6.45) is 6.78. The molecule has 2 aliphatic heterocycles. The molecule has 0 aliphatic carbocycles. The third kappa shape index (κ3) is 4.12. The third-order valence-electron chi connectivity index (χ3n) is 4.45. The fraction of sp³-hybridized carbons (Fsp3) is 0.647. The molecule has 0 saturated carbocycles. The van der Waals surface area contributed by atoms with Crippen molar-refractivity contribution in [2.75, 3.05) is 32.7 Å². The number of likely N-dealkylation sites (tertiary alicyclic amines) is 1. The second-order valence-electron chi connectivity index (χ2n) is 6.07. The summed E-state index contributed by atoms with van der Waals surface area (Å²) in [4.78, 5) is 14.4. The Hall–Kier alpha value is -1.40. The first-order chi connectivity index (χ1) is 11.3. The maximum Gasteiger partial charge on any atom is 0.194 e. The van der Waals surface area contributed by atoms with Crippen molar-refractivity contribution in [2.45, 2.75) is 39.3 Å². The van der Waals surface area contributed by atoms with Crippen molar-refractivity contribution in [1.82, 2.24) is 20.1 Å². The van der Waals surface area contributed by atoms with E-state index in [2.05, 4.69) is 51.5 Å². The lowest BCUT2D eigenvalue weighted by Gasteiger charge is -2.25. The number of nitrogens with one attached hydrogen (secondary N) is 1. The van der Waals surface area contributed by atoms with Gasteiger partial charge in [-0.1, -0.05) is 19.1 Å². The van der Waals surface area contributed by atoms with Crippen LogP contribution in [-0.4, -0.2) is 59.5 Å². The van der Waals surface area contributed by atoms with Crippen LogP contribution in [0.15, 0.2) is 22.5 Å². The number of aliphatic imine (C=N–C) groups is 1. The van der Waals surface area contributed by atoms with Gasteiger partial charge in [-0.05, 0) is 19.8 Å². The van der Waals surface area contributed by atoms with E-state index in [1.54, 1.807) is 11.3 Å². The lowest BCUT2D eigenvalue weighted by Crippen LogP contribution is -2.42. The van der Waals surface area contributed by atoms with E-state index in [0.717, 1.165) is 50.8 Å². The third-order valence-corrected chi connectivity index (χ3v) is 5.50. The van der Waals surface area contributed by atoms with Crippen LogP contribution in [0.1, 0.15) is 31.0 Å². The summed E-state index contributed by atoms with van der Waals surface area (Å²) < 4.78 is 0. The Morgan fingerprint density at radius 3 is 2.91 bits per heavy atom. The number of rotatable bonds is 5. The predicted octanol–water partition coefficient (Wildman–Crippen LogP) is 2.12. The van der Waals surface area contributed by atoms with Crippen LogP contribution in [0.4, 0.5) is 0 Å². The van der Waals surface area contributed by atoms with Gasteiger partial charge >= 0.3 is 0 Å². The number of nitrogens with zero attached hydrogens (tertiary/aromatic N) is 4. The van der Waals surface area contributed by atoms with Gasteiger partial charge in [0, 0.05) is 44.1 Å². The second kappa shape index (κ2) is 7.93. The molecule has 126 valence electrons. The van der Waals surface area contributed by atoms with E-state index >= 15 is 0 Å². The minimum Gasteiger partial charge on any atom is -0.357 e. The van der Waals surface area contributed by atoms with E-state index in [1.165, 1.54) is 11.4 Å².